The summed E-state index contributed by atoms with van der Waals surface area (Å²) in [6.07, 6.45) is 3.54. The lowest BCUT2D eigenvalue weighted by molar-refractivity contribution is -0.121. The van der Waals surface area contributed by atoms with Crippen LogP contribution in [0.25, 0.3) is 0 Å². The highest BCUT2D eigenvalue weighted by atomic mass is 32.2. The van der Waals surface area contributed by atoms with Gasteiger partial charge in [0.15, 0.2) is 0 Å². The summed E-state index contributed by atoms with van der Waals surface area (Å²) in [6, 6.07) is 12.8. The molecule has 2 aliphatic heterocycles. The van der Waals surface area contributed by atoms with Gasteiger partial charge in [-0.25, -0.2) is 8.42 Å². The fourth-order valence-electron chi connectivity index (χ4n) is 5.11. The Morgan fingerprint density at radius 1 is 0.971 bits per heavy atom. The van der Waals surface area contributed by atoms with Gasteiger partial charge < -0.3 is 10.2 Å². The van der Waals surface area contributed by atoms with Gasteiger partial charge in [-0.2, -0.15) is 4.31 Å². The van der Waals surface area contributed by atoms with Crippen LogP contribution in [0.4, 0.5) is 11.4 Å². The van der Waals surface area contributed by atoms with Gasteiger partial charge in [-0.05, 0) is 87.4 Å². The Labute approximate surface area is 201 Å². The molecule has 1 saturated carbocycles. The monoisotopic (exact) mass is 481 g/mol. The highest BCUT2D eigenvalue weighted by Gasteiger charge is 2.40. The van der Waals surface area contributed by atoms with Gasteiger partial charge in [-0.1, -0.05) is 12.1 Å². The first-order valence-corrected chi connectivity index (χ1v) is 13.5. The third kappa shape index (κ3) is 4.36. The fourth-order valence-corrected chi connectivity index (χ4v) is 6.63. The second kappa shape index (κ2) is 8.82. The van der Waals surface area contributed by atoms with E-state index >= 15 is 0 Å². The molecule has 2 heterocycles. The normalized spacial score (nSPS) is 21.4. The van der Waals surface area contributed by atoms with Crippen molar-refractivity contribution in [1.82, 2.24) is 4.31 Å². The minimum atomic E-state index is -3.66. The van der Waals surface area contributed by atoms with Crippen LogP contribution in [0.3, 0.4) is 0 Å². The van der Waals surface area contributed by atoms with Gasteiger partial charge in [0.05, 0.1) is 4.90 Å². The summed E-state index contributed by atoms with van der Waals surface area (Å²) < 4.78 is 28.2. The Bertz CT molecular complexity index is 1230. The Morgan fingerprint density at radius 3 is 2.38 bits per heavy atom. The molecule has 1 atom stereocenters. The van der Waals surface area contributed by atoms with Crippen molar-refractivity contribution < 1.29 is 18.0 Å². The number of rotatable bonds is 5. The molecule has 1 saturated heterocycles. The summed E-state index contributed by atoms with van der Waals surface area (Å²) in [5.74, 6) is 0.0125. The molecule has 8 heteroatoms. The molecular weight excluding hydrogens is 450 g/mol. The standard InChI is InChI=1S/C26H31N3O4S/c1-17-4-3-5-22(14-17)27-25(30)19-10-12-28(13-11-19)34(32,33)23-8-9-24-21(16-23)15-18(2)29(24)26(31)20-6-7-20/h3-5,8-9,14,16,18-20H,6-7,10-13,15H2,1-2H3,(H,27,30). The summed E-state index contributed by atoms with van der Waals surface area (Å²) >= 11 is 0. The molecule has 0 radical (unpaired) electrons. The molecule has 0 aromatic heterocycles. The molecule has 7 nitrogen and oxygen atoms in total. The van der Waals surface area contributed by atoms with Crippen LogP contribution in [0.2, 0.25) is 0 Å². The van der Waals surface area contributed by atoms with E-state index in [-0.39, 0.29) is 34.6 Å². The number of sulfonamides is 1. The molecule has 2 amide bonds. The number of nitrogens with zero attached hydrogens (tertiary/aromatic N) is 2. The molecule has 2 aromatic rings. The topological polar surface area (TPSA) is 86.8 Å². The van der Waals surface area contributed by atoms with E-state index in [2.05, 4.69) is 5.32 Å². The predicted molar refractivity (Wildman–Crippen MR) is 131 cm³/mol. The van der Waals surface area contributed by atoms with Crippen LogP contribution >= 0.6 is 0 Å². The zero-order chi connectivity index (χ0) is 24.0. The predicted octanol–water partition coefficient (Wildman–Crippen LogP) is 3.72. The van der Waals surface area contributed by atoms with Crippen molar-refractivity contribution >= 4 is 33.2 Å². The summed E-state index contributed by atoms with van der Waals surface area (Å²) in [4.78, 5) is 27.5. The molecule has 2 fully saturated rings. The average molecular weight is 482 g/mol. The van der Waals surface area contributed by atoms with Crippen molar-refractivity contribution in [3.05, 3.63) is 53.6 Å². The average Bonchev–Trinajstić information content (AvgIpc) is 3.60. The number of nitrogens with one attached hydrogen (secondary N) is 1. The first kappa shape index (κ1) is 23.1. The van der Waals surface area contributed by atoms with Gasteiger partial charge in [0.2, 0.25) is 21.8 Å². The van der Waals surface area contributed by atoms with E-state index in [1.807, 2.05) is 43.0 Å². The van der Waals surface area contributed by atoms with Crippen LogP contribution in [0.1, 0.15) is 43.7 Å². The first-order chi connectivity index (χ1) is 16.2. The van der Waals surface area contributed by atoms with Crippen molar-refractivity contribution in [2.45, 2.75) is 56.9 Å². The molecule has 1 aliphatic carbocycles. The maximum atomic E-state index is 13.4. The quantitative estimate of drug-likeness (QED) is 0.705. The maximum Gasteiger partial charge on any atom is 0.243 e. The van der Waals surface area contributed by atoms with Gasteiger partial charge in [0.25, 0.3) is 0 Å². The van der Waals surface area contributed by atoms with Crippen molar-refractivity contribution in [3.8, 4) is 0 Å². The van der Waals surface area contributed by atoms with E-state index in [9.17, 15) is 18.0 Å². The van der Waals surface area contributed by atoms with Gasteiger partial charge in [-0.3, -0.25) is 9.59 Å². The van der Waals surface area contributed by atoms with Crippen LogP contribution in [-0.2, 0) is 26.0 Å². The highest BCUT2D eigenvalue weighted by Crippen LogP contribution is 2.40. The number of hydrogen-bond acceptors (Lipinski definition) is 4. The zero-order valence-electron chi connectivity index (χ0n) is 19.7. The lowest BCUT2D eigenvalue weighted by Gasteiger charge is -2.30. The number of aryl methyl sites for hydroxylation is 1. The van der Waals surface area contributed by atoms with Crippen LogP contribution in [0.15, 0.2) is 47.4 Å². The lowest BCUT2D eigenvalue weighted by atomic mass is 9.97. The first-order valence-electron chi connectivity index (χ1n) is 12.1. The van der Waals surface area contributed by atoms with E-state index in [0.29, 0.717) is 32.4 Å². The van der Waals surface area contributed by atoms with E-state index in [1.165, 1.54) is 4.31 Å². The third-order valence-electron chi connectivity index (χ3n) is 7.18. The Hall–Kier alpha value is -2.71. The molecule has 0 spiro atoms. The number of benzene rings is 2. The smallest absolute Gasteiger partial charge is 0.243 e. The zero-order valence-corrected chi connectivity index (χ0v) is 20.5. The van der Waals surface area contributed by atoms with E-state index in [0.717, 1.165) is 35.3 Å². The van der Waals surface area contributed by atoms with Crippen LogP contribution in [0, 0.1) is 18.8 Å². The summed E-state index contributed by atoms with van der Waals surface area (Å²) in [5, 5.41) is 2.96. The molecule has 3 aliphatic rings. The Kier molecular flexibility index (Phi) is 5.98. The third-order valence-corrected chi connectivity index (χ3v) is 9.07. The van der Waals surface area contributed by atoms with Gasteiger partial charge in [0, 0.05) is 42.3 Å². The fraction of sp³-hybridized carbons (Fsp3) is 0.462. The maximum absolute atomic E-state index is 13.4. The molecule has 5 rings (SSSR count). The number of hydrogen-bond donors (Lipinski definition) is 1. The molecule has 1 N–H and O–H groups in total. The van der Waals surface area contributed by atoms with Gasteiger partial charge in [-0.15, -0.1) is 0 Å². The van der Waals surface area contributed by atoms with Crippen molar-refractivity contribution in [2.75, 3.05) is 23.3 Å². The van der Waals surface area contributed by atoms with E-state index < -0.39 is 10.0 Å². The van der Waals surface area contributed by atoms with Crippen molar-refractivity contribution in [2.24, 2.45) is 11.8 Å². The SMILES string of the molecule is Cc1cccc(NC(=O)C2CCN(S(=O)(=O)c3ccc4c(c3)CC(C)N4C(=O)C3CC3)CC2)c1. The number of amides is 2. The van der Waals surface area contributed by atoms with Crippen molar-refractivity contribution in [1.29, 1.82) is 0 Å². The lowest BCUT2D eigenvalue weighted by Crippen LogP contribution is -2.41. The van der Waals surface area contributed by atoms with Gasteiger partial charge >= 0.3 is 0 Å². The van der Waals surface area contributed by atoms with E-state index in [1.54, 1.807) is 18.2 Å². The second-order valence-corrected chi connectivity index (χ2v) is 11.8. The number of carbonyl (C=O) groups excluding carboxylic acids is 2. The second-order valence-electron chi connectivity index (χ2n) is 9.86. The minimum Gasteiger partial charge on any atom is -0.326 e. The number of carbonyl (C=O) groups is 2. The van der Waals surface area contributed by atoms with Crippen LogP contribution < -0.4 is 10.2 Å². The number of anilines is 2. The molecular formula is C26H31N3O4S. The van der Waals surface area contributed by atoms with Crippen molar-refractivity contribution in [3.63, 3.8) is 0 Å². The van der Waals surface area contributed by atoms with E-state index in [4.69, 9.17) is 0 Å². The Morgan fingerprint density at radius 2 is 1.71 bits per heavy atom. The summed E-state index contributed by atoms with van der Waals surface area (Å²) in [6.45, 7) is 4.62. The number of fused-ring (bicyclic) bond motifs is 1. The van der Waals surface area contributed by atoms with Gasteiger partial charge in [0.1, 0.15) is 0 Å². The minimum absolute atomic E-state index is 0.0451. The number of piperidine rings is 1. The van der Waals surface area contributed by atoms with Crippen LogP contribution in [-0.4, -0.2) is 43.7 Å². The Balaban J connectivity index is 1.25. The molecule has 1 unspecified atom stereocenters. The summed E-state index contributed by atoms with van der Waals surface area (Å²) in [5.41, 5.74) is 3.59. The summed E-state index contributed by atoms with van der Waals surface area (Å²) in [7, 11) is -3.66. The molecule has 34 heavy (non-hydrogen) atoms. The molecule has 0 bridgehead atoms. The highest BCUT2D eigenvalue weighted by molar-refractivity contribution is 7.89. The molecule has 2 aromatic carbocycles. The largest absolute Gasteiger partial charge is 0.326 e. The molecule has 180 valence electrons. The van der Waals surface area contributed by atoms with Crippen LogP contribution in [0.5, 0.6) is 0 Å².